The Kier molecular flexibility index (Phi) is 4.61. The molecule has 0 spiro atoms. The summed E-state index contributed by atoms with van der Waals surface area (Å²) in [6.07, 6.45) is 3.57. The first kappa shape index (κ1) is 14.4. The Bertz CT molecular complexity index is 537. The summed E-state index contributed by atoms with van der Waals surface area (Å²) in [5, 5.41) is 3.37. The van der Waals surface area contributed by atoms with Crippen LogP contribution in [0.25, 0.3) is 0 Å². The normalized spacial score (nSPS) is 12.6. The molecule has 0 aromatic carbocycles. The van der Waals surface area contributed by atoms with Gasteiger partial charge in [-0.2, -0.15) is 0 Å². The Morgan fingerprint density at radius 3 is 2.75 bits per heavy atom. The molecule has 20 heavy (non-hydrogen) atoms. The number of nitrogens with one attached hydrogen (secondary N) is 1. The van der Waals surface area contributed by atoms with E-state index in [-0.39, 0.29) is 12.0 Å². The lowest BCUT2D eigenvalue weighted by Crippen LogP contribution is -2.18. The maximum Gasteiger partial charge on any atom is 0.135 e. The van der Waals surface area contributed by atoms with Crippen molar-refractivity contribution < 1.29 is 4.42 Å². The first-order chi connectivity index (χ1) is 9.54. The van der Waals surface area contributed by atoms with Gasteiger partial charge in [-0.3, -0.25) is 0 Å². The largest absolute Gasteiger partial charge is 0.469 e. The summed E-state index contributed by atoms with van der Waals surface area (Å²) < 4.78 is 5.33. The average molecular weight is 274 g/mol. The third-order valence-corrected chi connectivity index (χ3v) is 3.08. The highest BCUT2D eigenvalue weighted by atomic mass is 16.3. The molecular weight excluding hydrogens is 252 g/mol. The third-order valence-electron chi connectivity index (χ3n) is 3.08. The van der Waals surface area contributed by atoms with Gasteiger partial charge >= 0.3 is 0 Å². The van der Waals surface area contributed by atoms with Crippen LogP contribution in [0.5, 0.6) is 0 Å². The van der Waals surface area contributed by atoms with Crippen LogP contribution >= 0.6 is 0 Å². The van der Waals surface area contributed by atoms with Gasteiger partial charge in [0.25, 0.3) is 0 Å². The molecule has 0 aliphatic carbocycles. The van der Waals surface area contributed by atoms with E-state index in [1.807, 2.05) is 12.1 Å². The Balaban J connectivity index is 1.95. The predicted octanol–water partition coefficient (Wildman–Crippen LogP) is 3.21. The lowest BCUT2D eigenvalue weighted by Gasteiger charge is -2.15. The topological polar surface area (TPSA) is 77.0 Å². The van der Waals surface area contributed by atoms with E-state index in [0.717, 1.165) is 30.2 Å². The van der Waals surface area contributed by atoms with Crippen molar-refractivity contribution in [1.29, 1.82) is 0 Å². The standard InChI is InChI=1S/C15H22N4O/c1-10(2)15-18-13(16)9-14(19-15)17-11(3)6-7-12-5-4-8-20-12/h4-5,8-11H,6-7H2,1-3H3,(H3,16,17,18,19). The Hall–Kier alpha value is -2.04. The van der Waals surface area contributed by atoms with Gasteiger partial charge in [-0.25, -0.2) is 9.97 Å². The van der Waals surface area contributed by atoms with E-state index in [1.54, 1.807) is 12.3 Å². The minimum atomic E-state index is 0.262. The molecule has 2 aromatic heterocycles. The number of anilines is 2. The minimum absolute atomic E-state index is 0.262. The second-order valence-corrected chi connectivity index (χ2v) is 5.35. The quantitative estimate of drug-likeness (QED) is 0.845. The fourth-order valence-corrected chi connectivity index (χ4v) is 1.96. The summed E-state index contributed by atoms with van der Waals surface area (Å²) in [5.74, 6) is 3.32. The van der Waals surface area contributed by atoms with E-state index in [9.17, 15) is 0 Å². The van der Waals surface area contributed by atoms with Crippen molar-refractivity contribution in [2.45, 2.75) is 45.6 Å². The summed E-state index contributed by atoms with van der Waals surface area (Å²) >= 11 is 0. The highest BCUT2D eigenvalue weighted by Crippen LogP contribution is 2.16. The Labute approximate surface area is 119 Å². The zero-order valence-electron chi connectivity index (χ0n) is 12.3. The molecule has 0 fully saturated rings. The summed E-state index contributed by atoms with van der Waals surface area (Å²) in [5.41, 5.74) is 5.82. The average Bonchev–Trinajstić information content (AvgIpc) is 2.88. The van der Waals surface area contributed by atoms with Gasteiger partial charge in [0.1, 0.15) is 23.2 Å². The molecule has 2 heterocycles. The first-order valence-corrected chi connectivity index (χ1v) is 6.98. The molecule has 2 rings (SSSR count). The van der Waals surface area contributed by atoms with Gasteiger partial charge in [-0.15, -0.1) is 0 Å². The SMILES string of the molecule is CC(CCc1ccco1)Nc1cc(N)nc(C(C)C)n1. The lowest BCUT2D eigenvalue weighted by atomic mass is 10.1. The van der Waals surface area contributed by atoms with Gasteiger partial charge in [0, 0.05) is 24.4 Å². The van der Waals surface area contributed by atoms with Crippen LogP contribution < -0.4 is 11.1 Å². The van der Waals surface area contributed by atoms with Gasteiger partial charge in [-0.1, -0.05) is 13.8 Å². The number of aryl methyl sites for hydroxylation is 1. The predicted molar refractivity (Wildman–Crippen MR) is 80.6 cm³/mol. The van der Waals surface area contributed by atoms with Crippen LogP contribution in [-0.4, -0.2) is 16.0 Å². The first-order valence-electron chi connectivity index (χ1n) is 6.98. The lowest BCUT2D eigenvalue weighted by molar-refractivity contribution is 0.494. The molecule has 5 nitrogen and oxygen atoms in total. The molecule has 0 aliphatic rings. The van der Waals surface area contributed by atoms with Crippen LogP contribution in [0.2, 0.25) is 0 Å². The van der Waals surface area contributed by atoms with Crippen LogP contribution in [0.1, 0.15) is 44.7 Å². The Morgan fingerprint density at radius 2 is 2.10 bits per heavy atom. The van der Waals surface area contributed by atoms with E-state index < -0.39 is 0 Å². The fraction of sp³-hybridized carbons (Fsp3) is 0.467. The zero-order valence-corrected chi connectivity index (χ0v) is 12.3. The molecule has 0 amide bonds. The molecule has 2 aromatic rings. The van der Waals surface area contributed by atoms with Gasteiger partial charge < -0.3 is 15.5 Å². The molecule has 0 saturated heterocycles. The van der Waals surface area contributed by atoms with Crippen LogP contribution in [0.4, 0.5) is 11.6 Å². The molecule has 0 saturated carbocycles. The zero-order chi connectivity index (χ0) is 14.5. The van der Waals surface area contributed by atoms with Crippen molar-refractivity contribution in [2.75, 3.05) is 11.1 Å². The van der Waals surface area contributed by atoms with Crippen LogP contribution in [-0.2, 0) is 6.42 Å². The van der Waals surface area contributed by atoms with E-state index in [0.29, 0.717) is 5.82 Å². The highest BCUT2D eigenvalue weighted by molar-refractivity contribution is 5.45. The van der Waals surface area contributed by atoms with E-state index >= 15 is 0 Å². The van der Waals surface area contributed by atoms with Gasteiger partial charge in [0.15, 0.2) is 0 Å². The number of rotatable bonds is 6. The molecule has 108 valence electrons. The van der Waals surface area contributed by atoms with Crippen LogP contribution in [0.15, 0.2) is 28.9 Å². The molecular formula is C15H22N4O. The molecule has 0 radical (unpaired) electrons. The molecule has 5 heteroatoms. The van der Waals surface area contributed by atoms with Crippen molar-refractivity contribution in [3.63, 3.8) is 0 Å². The number of nitrogens with two attached hydrogens (primary N) is 1. The molecule has 3 N–H and O–H groups in total. The second-order valence-electron chi connectivity index (χ2n) is 5.35. The molecule has 1 atom stereocenters. The number of aromatic nitrogens is 2. The van der Waals surface area contributed by atoms with Gasteiger partial charge in [-0.05, 0) is 25.5 Å². The smallest absolute Gasteiger partial charge is 0.135 e. The second kappa shape index (κ2) is 6.41. The van der Waals surface area contributed by atoms with E-state index in [1.165, 1.54) is 0 Å². The van der Waals surface area contributed by atoms with Gasteiger partial charge in [0.2, 0.25) is 0 Å². The minimum Gasteiger partial charge on any atom is -0.469 e. The van der Waals surface area contributed by atoms with Crippen molar-refractivity contribution in [3.05, 3.63) is 36.0 Å². The number of nitrogens with zero attached hydrogens (tertiary/aromatic N) is 2. The maximum atomic E-state index is 5.82. The van der Waals surface area contributed by atoms with Crippen molar-refractivity contribution in [3.8, 4) is 0 Å². The summed E-state index contributed by atoms with van der Waals surface area (Å²) in [4.78, 5) is 8.73. The fourth-order valence-electron chi connectivity index (χ4n) is 1.96. The summed E-state index contributed by atoms with van der Waals surface area (Å²) in [7, 11) is 0. The monoisotopic (exact) mass is 274 g/mol. The summed E-state index contributed by atoms with van der Waals surface area (Å²) in [6, 6.07) is 5.96. The van der Waals surface area contributed by atoms with Gasteiger partial charge in [0.05, 0.1) is 6.26 Å². The number of furan rings is 1. The maximum absolute atomic E-state index is 5.82. The Morgan fingerprint density at radius 1 is 1.30 bits per heavy atom. The summed E-state index contributed by atoms with van der Waals surface area (Å²) in [6.45, 7) is 6.23. The number of hydrogen-bond donors (Lipinski definition) is 2. The molecule has 0 aliphatic heterocycles. The van der Waals surface area contributed by atoms with E-state index in [4.69, 9.17) is 10.2 Å². The van der Waals surface area contributed by atoms with Crippen molar-refractivity contribution in [2.24, 2.45) is 0 Å². The highest BCUT2D eigenvalue weighted by Gasteiger charge is 2.09. The molecule has 0 bridgehead atoms. The molecule has 1 unspecified atom stereocenters. The van der Waals surface area contributed by atoms with Crippen LogP contribution in [0.3, 0.4) is 0 Å². The third kappa shape index (κ3) is 3.98. The van der Waals surface area contributed by atoms with Crippen molar-refractivity contribution >= 4 is 11.6 Å². The number of hydrogen-bond acceptors (Lipinski definition) is 5. The van der Waals surface area contributed by atoms with Crippen LogP contribution in [0, 0.1) is 0 Å². The van der Waals surface area contributed by atoms with Crippen molar-refractivity contribution in [1.82, 2.24) is 9.97 Å². The van der Waals surface area contributed by atoms with E-state index in [2.05, 4.69) is 36.1 Å². The number of nitrogen functional groups attached to an aromatic ring is 1.